The zero-order valence-electron chi connectivity index (χ0n) is 14.4. The summed E-state index contributed by atoms with van der Waals surface area (Å²) in [7, 11) is 0. The molecular formula is C17H26ClN3O3. The van der Waals surface area contributed by atoms with Crippen molar-refractivity contribution in [2.75, 3.05) is 0 Å². The van der Waals surface area contributed by atoms with Crippen molar-refractivity contribution in [2.24, 2.45) is 5.73 Å². The van der Waals surface area contributed by atoms with E-state index in [-0.39, 0.29) is 41.5 Å². The third kappa shape index (κ3) is 4.92. The van der Waals surface area contributed by atoms with Crippen LogP contribution < -0.4 is 11.1 Å². The van der Waals surface area contributed by atoms with Crippen LogP contribution in [0, 0.1) is 10.1 Å². The van der Waals surface area contributed by atoms with Gasteiger partial charge in [-0.3, -0.25) is 14.9 Å². The number of nitrogens with one attached hydrogen (secondary N) is 1. The fraction of sp³-hybridized carbons (Fsp3) is 0.588. The topological polar surface area (TPSA) is 98.3 Å². The molecule has 1 aliphatic carbocycles. The first-order valence-electron chi connectivity index (χ1n) is 8.04. The maximum atomic E-state index is 12.4. The predicted octanol–water partition coefficient (Wildman–Crippen LogP) is 3.31. The van der Waals surface area contributed by atoms with Crippen LogP contribution in [0.2, 0.25) is 0 Å². The molecule has 1 fully saturated rings. The second-order valence-electron chi connectivity index (χ2n) is 7.32. The average Bonchev–Trinajstić information content (AvgIpc) is 2.48. The highest BCUT2D eigenvalue weighted by Gasteiger charge is 2.27. The van der Waals surface area contributed by atoms with E-state index in [1.54, 1.807) is 12.1 Å². The third-order valence-electron chi connectivity index (χ3n) is 4.37. The Kier molecular flexibility index (Phi) is 6.75. The Morgan fingerprint density at radius 2 is 1.83 bits per heavy atom. The number of hydrogen-bond donors (Lipinski definition) is 2. The van der Waals surface area contributed by atoms with Gasteiger partial charge in [0.15, 0.2) is 0 Å². The van der Waals surface area contributed by atoms with Gasteiger partial charge in [0.25, 0.3) is 11.6 Å². The summed E-state index contributed by atoms with van der Waals surface area (Å²) in [4.78, 5) is 23.3. The second kappa shape index (κ2) is 7.94. The Balaban J connectivity index is 0.00000288. The fourth-order valence-electron chi connectivity index (χ4n) is 2.99. The number of hydrogen-bond acceptors (Lipinski definition) is 4. The lowest BCUT2D eigenvalue weighted by Gasteiger charge is -2.27. The van der Waals surface area contributed by atoms with Crippen LogP contribution in [0.3, 0.4) is 0 Å². The second-order valence-corrected chi connectivity index (χ2v) is 7.32. The molecule has 0 bridgehead atoms. The zero-order chi connectivity index (χ0) is 17.2. The number of nitrogens with two attached hydrogens (primary N) is 1. The number of carbonyl (C=O) groups is 1. The minimum Gasteiger partial charge on any atom is -0.349 e. The summed E-state index contributed by atoms with van der Waals surface area (Å²) in [6.07, 6.45) is 3.51. The van der Waals surface area contributed by atoms with Gasteiger partial charge in [-0.05, 0) is 37.2 Å². The fourth-order valence-corrected chi connectivity index (χ4v) is 2.99. The number of carbonyl (C=O) groups excluding carboxylic acids is 1. The SMILES string of the molecule is CC(C)(C)c1ccc(C(=O)NC2CCC(N)CC2)cc1[N+](=O)[O-].Cl. The van der Waals surface area contributed by atoms with Crippen LogP contribution in [0.1, 0.15) is 62.4 Å². The lowest BCUT2D eigenvalue weighted by Crippen LogP contribution is -2.40. The van der Waals surface area contributed by atoms with Crippen LogP contribution in [-0.2, 0) is 5.41 Å². The monoisotopic (exact) mass is 355 g/mol. The van der Waals surface area contributed by atoms with Crippen LogP contribution in [0.15, 0.2) is 18.2 Å². The molecule has 0 aliphatic heterocycles. The van der Waals surface area contributed by atoms with Crippen LogP contribution in [0.25, 0.3) is 0 Å². The van der Waals surface area contributed by atoms with Gasteiger partial charge < -0.3 is 11.1 Å². The van der Waals surface area contributed by atoms with Gasteiger partial charge in [0, 0.05) is 29.3 Å². The summed E-state index contributed by atoms with van der Waals surface area (Å²) in [5.41, 5.74) is 6.47. The van der Waals surface area contributed by atoms with Crippen molar-refractivity contribution in [3.8, 4) is 0 Å². The summed E-state index contributed by atoms with van der Waals surface area (Å²) >= 11 is 0. The molecule has 0 atom stereocenters. The largest absolute Gasteiger partial charge is 0.349 e. The summed E-state index contributed by atoms with van der Waals surface area (Å²) in [5, 5.41) is 14.3. The molecule has 0 aromatic heterocycles. The molecule has 1 aliphatic rings. The van der Waals surface area contributed by atoms with E-state index in [1.165, 1.54) is 6.07 Å². The van der Waals surface area contributed by atoms with E-state index < -0.39 is 4.92 Å². The number of amides is 1. The van der Waals surface area contributed by atoms with Gasteiger partial charge in [-0.1, -0.05) is 26.8 Å². The third-order valence-corrected chi connectivity index (χ3v) is 4.37. The van der Waals surface area contributed by atoms with Crippen molar-refractivity contribution >= 4 is 24.0 Å². The molecule has 0 heterocycles. The number of rotatable bonds is 3. The molecule has 1 saturated carbocycles. The van der Waals surface area contributed by atoms with Crippen molar-refractivity contribution in [1.29, 1.82) is 0 Å². The molecule has 2 rings (SSSR count). The number of benzene rings is 1. The Morgan fingerprint density at radius 1 is 1.25 bits per heavy atom. The Bertz CT molecular complexity index is 606. The van der Waals surface area contributed by atoms with Gasteiger partial charge in [-0.25, -0.2) is 0 Å². The molecule has 134 valence electrons. The van der Waals surface area contributed by atoms with Crippen LogP contribution >= 0.6 is 12.4 Å². The van der Waals surface area contributed by atoms with Gasteiger partial charge in [0.2, 0.25) is 0 Å². The molecule has 0 spiro atoms. The maximum absolute atomic E-state index is 12.4. The smallest absolute Gasteiger partial charge is 0.273 e. The molecule has 0 unspecified atom stereocenters. The molecule has 6 nitrogen and oxygen atoms in total. The molecule has 7 heteroatoms. The molecule has 1 amide bonds. The summed E-state index contributed by atoms with van der Waals surface area (Å²) in [5.74, 6) is -0.256. The van der Waals surface area contributed by atoms with Crippen molar-refractivity contribution < 1.29 is 9.72 Å². The highest BCUT2D eigenvalue weighted by Crippen LogP contribution is 2.32. The van der Waals surface area contributed by atoms with Crippen molar-refractivity contribution in [2.45, 2.75) is 64.0 Å². The van der Waals surface area contributed by atoms with Crippen molar-refractivity contribution in [1.82, 2.24) is 5.32 Å². The summed E-state index contributed by atoms with van der Waals surface area (Å²) < 4.78 is 0. The summed E-state index contributed by atoms with van der Waals surface area (Å²) in [6, 6.07) is 5.05. The first kappa shape index (κ1) is 20.4. The molecule has 1 aromatic rings. The van der Waals surface area contributed by atoms with E-state index in [0.717, 1.165) is 25.7 Å². The van der Waals surface area contributed by atoms with Gasteiger partial charge in [-0.2, -0.15) is 0 Å². The maximum Gasteiger partial charge on any atom is 0.273 e. The van der Waals surface area contributed by atoms with Crippen LogP contribution in [0.5, 0.6) is 0 Å². The van der Waals surface area contributed by atoms with Crippen LogP contribution in [0.4, 0.5) is 5.69 Å². The predicted molar refractivity (Wildman–Crippen MR) is 96.7 cm³/mol. The highest BCUT2D eigenvalue weighted by atomic mass is 35.5. The van der Waals surface area contributed by atoms with E-state index in [2.05, 4.69) is 5.32 Å². The van der Waals surface area contributed by atoms with E-state index in [1.807, 2.05) is 20.8 Å². The minimum absolute atomic E-state index is 0. The first-order chi connectivity index (χ1) is 10.7. The van der Waals surface area contributed by atoms with Gasteiger partial charge >= 0.3 is 0 Å². The van der Waals surface area contributed by atoms with E-state index in [0.29, 0.717) is 11.1 Å². The van der Waals surface area contributed by atoms with Crippen molar-refractivity contribution in [3.63, 3.8) is 0 Å². The highest BCUT2D eigenvalue weighted by molar-refractivity contribution is 5.95. The number of halogens is 1. The number of nitro benzene ring substituents is 1. The van der Waals surface area contributed by atoms with E-state index in [9.17, 15) is 14.9 Å². The van der Waals surface area contributed by atoms with Gasteiger partial charge in [0.05, 0.1) is 4.92 Å². The Morgan fingerprint density at radius 3 is 2.33 bits per heavy atom. The molecule has 0 radical (unpaired) electrons. The van der Waals surface area contributed by atoms with Gasteiger partial charge in [-0.15, -0.1) is 12.4 Å². The Hall–Kier alpha value is -1.66. The molecule has 3 N–H and O–H groups in total. The van der Waals surface area contributed by atoms with Gasteiger partial charge in [0.1, 0.15) is 0 Å². The summed E-state index contributed by atoms with van der Waals surface area (Å²) in [6.45, 7) is 5.75. The molecule has 1 aromatic carbocycles. The number of nitro groups is 1. The Labute approximate surface area is 148 Å². The zero-order valence-corrected chi connectivity index (χ0v) is 15.2. The number of nitrogens with zero attached hydrogens (tertiary/aromatic N) is 1. The van der Waals surface area contributed by atoms with E-state index >= 15 is 0 Å². The molecular weight excluding hydrogens is 330 g/mol. The molecule has 0 saturated heterocycles. The average molecular weight is 356 g/mol. The molecule has 24 heavy (non-hydrogen) atoms. The lowest BCUT2D eigenvalue weighted by molar-refractivity contribution is -0.386. The minimum atomic E-state index is -0.420. The standard InChI is InChI=1S/C17H25N3O3.ClH/c1-17(2,3)14-9-4-11(10-15(14)20(22)23)16(21)19-13-7-5-12(18)6-8-13;/h4,9-10,12-13H,5-8,18H2,1-3H3,(H,19,21);1H. The van der Waals surface area contributed by atoms with E-state index in [4.69, 9.17) is 5.73 Å². The first-order valence-corrected chi connectivity index (χ1v) is 8.04. The van der Waals surface area contributed by atoms with Crippen LogP contribution in [-0.4, -0.2) is 22.9 Å². The normalized spacial score (nSPS) is 20.8. The lowest BCUT2D eigenvalue weighted by atomic mass is 9.85. The quantitative estimate of drug-likeness (QED) is 0.641. The van der Waals surface area contributed by atoms with Crippen molar-refractivity contribution in [3.05, 3.63) is 39.4 Å².